The highest BCUT2D eigenvalue weighted by molar-refractivity contribution is 7.09. The topological polar surface area (TPSA) is 61.0 Å². The van der Waals surface area contributed by atoms with Gasteiger partial charge in [0.15, 0.2) is 0 Å². The summed E-state index contributed by atoms with van der Waals surface area (Å²) in [7, 11) is 0. The van der Waals surface area contributed by atoms with Gasteiger partial charge in [-0.15, -0.1) is 11.3 Å². The molecule has 0 aliphatic carbocycles. The lowest BCUT2D eigenvalue weighted by Gasteiger charge is -2.05. The number of fused-ring (bicyclic) bond motifs is 1. The molecule has 0 aliphatic rings. The van der Waals surface area contributed by atoms with E-state index in [4.69, 9.17) is 10.5 Å². The average molecular weight is 271 g/mol. The quantitative estimate of drug-likeness (QED) is 0.792. The van der Waals surface area contributed by atoms with Crippen molar-refractivity contribution in [3.05, 3.63) is 52.6 Å². The zero-order valence-electron chi connectivity index (χ0n) is 10.2. The Morgan fingerprint density at radius 3 is 3.05 bits per heavy atom. The zero-order chi connectivity index (χ0) is 13.1. The van der Waals surface area contributed by atoms with Crippen molar-refractivity contribution in [3.63, 3.8) is 0 Å². The number of rotatable bonds is 4. The first kappa shape index (κ1) is 12.1. The lowest BCUT2D eigenvalue weighted by atomic mass is 10.2. The van der Waals surface area contributed by atoms with Gasteiger partial charge in [0, 0.05) is 29.6 Å². The molecular formula is C14H13N3OS. The Labute approximate surface area is 114 Å². The van der Waals surface area contributed by atoms with Crippen molar-refractivity contribution in [1.82, 2.24) is 9.97 Å². The van der Waals surface area contributed by atoms with Crippen molar-refractivity contribution >= 4 is 22.2 Å². The summed E-state index contributed by atoms with van der Waals surface area (Å²) < 4.78 is 5.72. The van der Waals surface area contributed by atoms with Gasteiger partial charge in [-0.2, -0.15) is 0 Å². The fourth-order valence-electron chi connectivity index (χ4n) is 1.80. The van der Waals surface area contributed by atoms with E-state index in [1.165, 1.54) is 0 Å². The third-order valence-electron chi connectivity index (χ3n) is 2.74. The van der Waals surface area contributed by atoms with Crippen LogP contribution < -0.4 is 10.5 Å². The van der Waals surface area contributed by atoms with Crippen LogP contribution in [0, 0.1) is 0 Å². The maximum absolute atomic E-state index is 5.72. The molecule has 4 nitrogen and oxygen atoms in total. The molecule has 1 aromatic carbocycles. The summed E-state index contributed by atoms with van der Waals surface area (Å²) in [6.07, 6.45) is 1.78. The highest BCUT2D eigenvalue weighted by Crippen LogP contribution is 2.20. The fourth-order valence-corrected chi connectivity index (χ4v) is 2.46. The summed E-state index contributed by atoms with van der Waals surface area (Å²) >= 11 is 1.56. The molecule has 3 aromatic rings. The largest absolute Gasteiger partial charge is 0.487 e. The average Bonchev–Trinajstić information content (AvgIpc) is 2.93. The van der Waals surface area contributed by atoms with Crippen LogP contribution >= 0.6 is 11.3 Å². The molecule has 0 saturated carbocycles. The molecule has 2 N–H and O–H groups in total. The Hall–Kier alpha value is -1.98. The number of pyridine rings is 1. The second kappa shape index (κ2) is 5.34. The molecule has 0 aliphatic heterocycles. The molecule has 3 rings (SSSR count). The number of thiazole rings is 1. The van der Waals surface area contributed by atoms with Crippen LogP contribution in [0.15, 0.2) is 41.9 Å². The Morgan fingerprint density at radius 1 is 1.26 bits per heavy atom. The molecule has 0 saturated heterocycles. The number of nitrogens with zero attached hydrogens (tertiary/aromatic N) is 2. The summed E-state index contributed by atoms with van der Waals surface area (Å²) in [5, 5.41) is 4.01. The van der Waals surface area contributed by atoms with E-state index in [1.807, 2.05) is 35.7 Å². The van der Waals surface area contributed by atoms with Gasteiger partial charge in [-0.25, -0.2) is 4.98 Å². The fraction of sp³-hybridized carbons (Fsp3) is 0.143. The lowest BCUT2D eigenvalue weighted by molar-refractivity contribution is 0.302. The summed E-state index contributed by atoms with van der Waals surface area (Å²) in [5.74, 6) is 0.800. The Bertz CT molecular complexity index is 696. The van der Waals surface area contributed by atoms with Crippen molar-refractivity contribution in [2.75, 3.05) is 0 Å². The summed E-state index contributed by atoms with van der Waals surface area (Å²) in [6.45, 7) is 0.930. The van der Waals surface area contributed by atoms with E-state index in [0.717, 1.165) is 27.4 Å². The monoisotopic (exact) mass is 271 g/mol. The van der Waals surface area contributed by atoms with E-state index >= 15 is 0 Å². The minimum Gasteiger partial charge on any atom is -0.487 e. The second-order valence-corrected chi connectivity index (χ2v) is 5.03. The van der Waals surface area contributed by atoms with E-state index in [2.05, 4.69) is 9.97 Å². The molecule has 0 amide bonds. The normalized spacial score (nSPS) is 10.8. The van der Waals surface area contributed by atoms with Gasteiger partial charge < -0.3 is 10.5 Å². The van der Waals surface area contributed by atoms with Crippen LogP contribution in [0.5, 0.6) is 5.75 Å². The van der Waals surface area contributed by atoms with Crippen LogP contribution in [-0.4, -0.2) is 9.97 Å². The van der Waals surface area contributed by atoms with Crippen LogP contribution in [0.3, 0.4) is 0 Å². The Kier molecular flexibility index (Phi) is 3.39. The molecule has 19 heavy (non-hydrogen) atoms. The minimum absolute atomic E-state index is 0.453. The van der Waals surface area contributed by atoms with Crippen LogP contribution in [0.25, 0.3) is 10.9 Å². The molecular weight excluding hydrogens is 258 g/mol. The number of benzene rings is 1. The molecule has 0 atom stereocenters. The molecule has 0 spiro atoms. The van der Waals surface area contributed by atoms with Gasteiger partial charge in [-0.3, -0.25) is 4.98 Å². The number of hydrogen-bond donors (Lipinski definition) is 1. The van der Waals surface area contributed by atoms with Crippen LogP contribution in [0.2, 0.25) is 0 Å². The van der Waals surface area contributed by atoms with E-state index in [0.29, 0.717) is 13.2 Å². The van der Waals surface area contributed by atoms with Gasteiger partial charge in [0.2, 0.25) is 0 Å². The SMILES string of the molecule is NCc1nc(COc2ccc3cccnc3c2)cs1. The molecule has 2 aromatic heterocycles. The second-order valence-electron chi connectivity index (χ2n) is 4.08. The van der Waals surface area contributed by atoms with Gasteiger partial charge in [0.05, 0.1) is 11.2 Å². The molecule has 96 valence electrons. The van der Waals surface area contributed by atoms with E-state index in [1.54, 1.807) is 17.5 Å². The summed E-state index contributed by atoms with van der Waals surface area (Å²) in [5.41, 5.74) is 7.37. The first-order chi connectivity index (χ1) is 9.35. The predicted octanol–water partition coefficient (Wildman–Crippen LogP) is 2.73. The van der Waals surface area contributed by atoms with Gasteiger partial charge in [0.1, 0.15) is 17.4 Å². The van der Waals surface area contributed by atoms with Crippen LogP contribution in [0.1, 0.15) is 10.7 Å². The smallest absolute Gasteiger partial charge is 0.131 e. The van der Waals surface area contributed by atoms with Crippen LogP contribution in [-0.2, 0) is 13.2 Å². The Morgan fingerprint density at radius 2 is 2.21 bits per heavy atom. The van der Waals surface area contributed by atoms with E-state index < -0.39 is 0 Å². The zero-order valence-corrected chi connectivity index (χ0v) is 11.1. The molecule has 0 radical (unpaired) electrons. The molecule has 2 heterocycles. The van der Waals surface area contributed by atoms with Crippen molar-refractivity contribution < 1.29 is 4.74 Å². The van der Waals surface area contributed by atoms with Gasteiger partial charge in [-0.05, 0) is 18.2 Å². The highest BCUT2D eigenvalue weighted by Gasteiger charge is 2.02. The van der Waals surface area contributed by atoms with Crippen molar-refractivity contribution in [2.24, 2.45) is 5.73 Å². The standard InChI is InChI=1S/C14H13N3OS/c15-7-14-17-11(9-19-14)8-18-12-4-3-10-2-1-5-16-13(10)6-12/h1-6,9H,7-8,15H2. The van der Waals surface area contributed by atoms with Gasteiger partial charge in [-0.1, -0.05) is 6.07 Å². The summed E-state index contributed by atoms with van der Waals surface area (Å²) in [6, 6.07) is 9.84. The van der Waals surface area contributed by atoms with Crippen molar-refractivity contribution in [3.8, 4) is 5.75 Å². The van der Waals surface area contributed by atoms with E-state index in [9.17, 15) is 0 Å². The third-order valence-corrected chi connectivity index (χ3v) is 3.66. The third kappa shape index (κ3) is 2.72. The lowest BCUT2D eigenvalue weighted by Crippen LogP contribution is -1.98. The predicted molar refractivity (Wildman–Crippen MR) is 76.1 cm³/mol. The van der Waals surface area contributed by atoms with Crippen molar-refractivity contribution in [2.45, 2.75) is 13.2 Å². The first-order valence-electron chi connectivity index (χ1n) is 5.96. The minimum atomic E-state index is 0.453. The summed E-state index contributed by atoms with van der Waals surface area (Å²) in [4.78, 5) is 8.66. The van der Waals surface area contributed by atoms with Crippen molar-refractivity contribution in [1.29, 1.82) is 0 Å². The molecule has 0 bridgehead atoms. The highest BCUT2D eigenvalue weighted by atomic mass is 32.1. The van der Waals surface area contributed by atoms with Gasteiger partial charge in [0.25, 0.3) is 0 Å². The number of ether oxygens (including phenoxy) is 1. The van der Waals surface area contributed by atoms with E-state index in [-0.39, 0.29) is 0 Å². The van der Waals surface area contributed by atoms with Gasteiger partial charge >= 0.3 is 0 Å². The molecule has 5 heteroatoms. The maximum Gasteiger partial charge on any atom is 0.131 e. The molecule has 0 fully saturated rings. The molecule has 0 unspecified atom stereocenters. The number of nitrogens with two attached hydrogens (primary N) is 1. The van der Waals surface area contributed by atoms with Crippen LogP contribution in [0.4, 0.5) is 0 Å². The number of aromatic nitrogens is 2. The first-order valence-corrected chi connectivity index (χ1v) is 6.84. The maximum atomic E-state index is 5.72. The number of hydrogen-bond acceptors (Lipinski definition) is 5. The Balaban J connectivity index is 1.74.